The number of rotatable bonds is 2. The van der Waals surface area contributed by atoms with E-state index in [1.165, 1.54) is 0 Å². The van der Waals surface area contributed by atoms with Crippen molar-refractivity contribution in [3.05, 3.63) is 82.1 Å². The molecule has 2 N–H and O–H groups in total. The van der Waals surface area contributed by atoms with Crippen LogP contribution in [-0.4, -0.2) is 30.4 Å². The van der Waals surface area contributed by atoms with Crippen LogP contribution >= 0.6 is 0 Å². The third-order valence-electron chi connectivity index (χ3n) is 4.43. The minimum absolute atomic E-state index is 0.310. The van der Waals surface area contributed by atoms with Gasteiger partial charge in [0.2, 0.25) is 5.95 Å². The summed E-state index contributed by atoms with van der Waals surface area (Å²) in [6.45, 7) is 0. The summed E-state index contributed by atoms with van der Waals surface area (Å²) in [5.41, 5.74) is 3.39. The first kappa shape index (κ1) is 14.5. The van der Waals surface area contributed by atoms with Crippen LogP contribution in [0.2, 0.25) is 0 Å². The number of tetrazole rings is 1. The first-order valence-electron chi connectivity index (χ1n) is 8.11. The van der Waals surface area contributed by atoms with Crippen molar-refractivity contribution in [2.45, 2.75) is 6.04 Å². The zero-order valence-corrected chi connectivity index (χ0v) is 13.5. The summed E-state index contributed by atoms with van der Waals surface area (Å²) >= 11 is 0. The zero-order chi connectivity index (χ0) is 17.5. The second kappa shape index (κ2) is 5.62. The molecule has 1 aliphatic heterocycles. The summed E-state index contributed by atoms with van der Waals surface area (Å²) in [7, 11) is 0. The molecule has 0 amide bonds. The van der Waals surface area contributed by atoms with E-state index in [-0.39, 0.29) is 11.6 Å². The van der Waals surface area contributed by atoms with Crippen LogP contribution in [0.3, 0.4) is 0 Å². The van der Waals surface area contributed by atoms with E-state index in [1.54, 1.807) is 4.68 Å². The average molecular weight is 343 g/mol. The number of aromatic amines is 1. The minimum atomic E-state index is -0.359. The van der Waals surface area contributed by atoms with Crippen molar-refractivity contribution in [2.24, 2.45) is 0 Å². The van der Waals surface area contributed by atoms with Gasteiger partial charge in [0.05, 0.1) is 5.69 Å². The molecule has 0 spiro atoms. The molecule has 4 aromatic rings. The monoisotopic (exact) mass is 343 g/mol. The molecule has 8 heteroatoms. The molecule has 8 nitrogen and oxygen atoms in total. The number of fused-ring (bicyclic) bond motifs is 2. The number of nitrogens with one attached hydrogen (secondary N) is 2. The topological polar surface area (TPSA) is 101 Å². The second-order valence-electron chi connectivity index (χ2n) is 5.94. The third kappa shape index (κ3) is 2.12. The summed E-state index contributed by atoms with van der Waals surface area (Å²) in [6.07, 6.45) is 0. The first-order valence-corrected chi connectivity index (χ1v) is 8.11. The van der Waals surface area contributed by atoms with Crippen molar-refractivity contribution in [3.63, 3.8) is 0 Å². The number of hydrogen-bond donors (Lipinski definition) is 2. The summed E-state index contributed by atoms with van der Waals surface area (Å²) < 4.78 is 1.67. The van der Waals surface area contributed by atoms with E-state index in [9.17, 15) is 4.79 Å². The second-order valence-corrected chi connectivity index (χ2v) is 5.94. The molecule has 126 valence electrons. The fourth-order valence-corrected chi connectivity index (χ4v) is 3.30. The summed E-state index contributed by atoms with van der Waals surface area (Å²) in [6, 6.07) is 19.2. The highest BCUT2D eigenvalue weighted by molar-refractivity contribution is 5.75. The number of anilines is 2. The lowest BCUT2D eigenvalue weighted by molar-refractivity contribution is 0.567. The van der Waals surface area contributed by atoms with E-state index in [2.05, 4.69) is 31.0 Å². The number of nitrogens with zero attached hydrogens (tertiary/aromatic N) is 5. The van der Waals surface area contributed by atoms with Crippen LogP contribution in [0.1, 0.15) is 17.2 Å². The molecule has 0 aliphatic carbocycles. The van der Waals surface area contributed by atoms with Gasteiger partial charge in [-0.25, -0.2) is 5.10 Å². The van der Waals surface area contributed by atoms with Crippen LogP contribution in [0.25, 0.3) is 11.3 Å². The quantitative estimate of drug-likeness (QED) is 0.509. The third-order valence-corrected chi connectivity index (χ3v) is 4.43. The fourth-order valence-electron chi connectivity index (χ4n) is 3.30. The molecule has 1 unspecified atom stereocenters. The van der Waals surface area contributed by atoms with Gasteiger partial charge < -0.3 is 5.32 Å². The molecule has 0 bridgehead atoms. The maximum atomic E-state index is 12.5. The Kier molecular flexibility index (Phi) is 3.14. The molecule has 0 fully saturated rings. The molecule has 3 heterocycles. The van der Waals surface area contributed by atoms with Crippen molar-refractivity contribution in [2.75, 3.05) is 5.32 Å². The molecule has 1 atom stereocenters. The summed E-state index contributed by atoms with van der Waals surface area (Å²) in [5, 5.41) is 21.8. The lowest BCUT2D eigenvalue weighted by Gasteiger charge is -2.27. The Morgan fingerprint density at radius 3 is 2.46 bits per heavy atom. The van der Waals surface area contributed by atoms with Crippen molar-refractivity contribution in [3.8, 4) is 11.3 Å². The van der Waals surface area contributed by atoms with Gasteiger partial charge in [0, 0.05) is 11.1 Å². The van der Waals surface area contributed by atoms with Gasteiger partial charge in [-0.1, -0.05) is 65.8 Å². The highest BCUT2D eigenvalue weighted by Crippen LogP contribution is 2.40. The van der Waals surface area contributed by atoms with E-state index in [0.717, 1.165) is 16.7 Å². The van der Waals surface area contributed by atoms with Crippen molar-refractivity contribution in [1.82, 2.24) is 30.4 Å². The largest absolute Gasteiger partial charge is 0.318 e. The molecule has 5 rings (SSSR count). The average Bonchev–Trinajstić information content (AvgIpc) is 3.16. The van der Waals surface area contributed by atoms with Gasteiger partial charge in [-0.2, -0.15) is 9.78 Å². The first-order chi connectivity index (χ1) is 12.8. The smallest absolute Gasteiger partial charge is 0.288 e. The highest BCUT2D eigenvalue weighted by Gasteiger charge is 2.34. The molecular weight excluding hydrogens is 330 g/mol. The number of benzene rings is 2. The van der Waals surface area contributed by atoms with E-state index < -0.39 is 0 Å². The van der Waals surface area contributed by atoms with Crippen LogP contribution in [0.5, 0.6) is 0 Å². The lowest BCUT2D eigenvalue weighted by Crippen LogP contribution is -2.29. The minimum Gasteiger partial charge on any atom is -0.318 e. The van der Waals surface area contributed by atoms with Crippen LogP contribution in [0.4, 0.5) is 11.6 Å². The number of aromatic nitrogens is 6. The maximum Gasteiger partial charge on any atom is 0.288 e. The Bertz CT molecular complexity index is 1140. The van der Waals surface area contributed by atoms with Gasteiger partial charge in [-0.3, -0.25) is 4.79 Å². The van der Waals surface area contributed by atoms with Crippen LogP contribution in [-0.2, 0) is 0 Å². The van der Waals surface area contributed by atoms with Gasteiger partial charge >= 0.3 is 0 Å². The maximum absolute atomic E-state index is 12.5. The van der Waals surface area contributed by atoms with Gasteiger partial charge in [0.1, 0.15) is 11.7 Å². The lowest BCUT2D eigenvalue weighted by atomic mass is 9.92. The molecule has 0 saturated heterocycles. The Balaban J connectivity index is 1.84. The Labute approximate surface area is 147 Å². The highest BCUT2D eigenvalue weighted by atomic mass is 16.1. The SMILES string of the molecule is O=c1[nH]nc(-c2ccccc2)c2c1Nc1nnnn1C2c1ccccc1. The molecule has 2 aromatic heterocycles. The zero-order valence-electron chi connectivity index (χ0n) is 13.5. The molecule has 1 aliphatic rings. The Morgan fingerprint density at radius 2 is 1.69 bits per heavy atom. The van der Waals surface area contributed by atoms with Gasteiger partial charge in [0.25, 0.3) is 5.56 Å². The standard InChI is InChI=1S/C18H13N7O/c26-17-15-13(14(20-21-17)11-7-3-1-4-8-11)16(12-9-5-2-6-10-12)25-18(19-15)22-23-24-25/h1-10,16H,(H,21,26)(H,19,22,24). The normalized spacial score (nSPS) is 15.0. The van der Waals surface area contributed by atoms with Gasteiger partial charge in [0.15, 0.2) is 0 Å². The van der Waals surface area contributed by atoms with Crippen molar-refractivity contribution in [1.29, 1.82) is 0 Å². The predicted molar refractivity (Wildman–Crippen MR) is 95.1 cm³/mol. The van der Waals surface area contributed by atoms with E-state index in [1.807, 2.05) is 60.7 Å². The van der Waals surface area contributed by atoms with Gasteiger partial charge in [-0.15, -0.1) is 0 Å². The number of hydrogen-bond acceptors (Lipinski definition) is 6. The Morgan fingerprint density at radius 1 is 0.962 bits per heavy atom. The summed E-state index contributed by atoms with van der Waals surface area (Å²) in [4.78, 5) is 12.5. The fraction of sp³-hybridized carbons (Fsp3) is 0.0556. The molecule has 26 heavy (non-hydrogen) atoms. The number of H-pyrrole nitrogens is 1. The van der Waals surface area contributed by atoms with Crippen LogP contribution < -0.4 is 10.9 Å². The van der Waals surface area contributed by atoms with E-state index in [4.69, 9.17) is 0 Å². The molecule has 2 aromatic carbocycles. The van der Waals surface area contributed by atoms with E-state index >= 15 is 0 Å². The van der Waals surface area contributed by atoms with Crippen molar-refractivity contribution < 1.29 is 0 Å². The molecule has 0 saturated carbocycles. The summed E-state index contributed by atoms with van der Waals surface area (Å²) in [5.74, 6) is 0.419. The molecular formula is C18H13N7O. The van der Waals surface area contributed by atoms with Crippen LogP contribution in [0.15, 0.2) is 65.5 Å². The van der Waals surface area contributed by atoms with Gasteiger partial charge in [-0.05, 0) is 16.0 Å². The van der Waals surface area contributed by atoms with Crippen molar-refractivity contribution >= 4 is 11.6 Å². The Hall–Kier alpha value is -3.81. The van der Waals surface area contributed by atoms with Crippen LogP contribution in [0, 0.1) is 0 Å². The molecule has 0 radical (unpaired) electrons. The predicted octanol–water partition coefficient (Wildman–Crippen LogP) is 2.12. The van der Waals surface area contributed by atoms with E-state index in [0.29, 0.717) is 17.3 Å².